The summed E-state index contributed by atoms with van der Waals surface area (Å²) >= 11 is 0. The van der Waals surface area contributed by atoms with Gasteiger partial charge in [0.2, 0.25) is 0 Å². The molecule has 3 atom stereocenters. The molecular weight excluding hydrogens is 330 g/mol. The summed E-state index contributed by atoms with van der Waals surface area (Å²) in [4.78, 5) is 16.0. The van der Waals surface area contributed by atoms with E-state index in [0.717, 1.165) is 12.1 Å². The zero-order valence-electron chi connectivity index (χ0n) is 12.8. The number of urea groups is 1. The largest absolute Gasteiger partial charge is 0.493 e. The Labute approximate surface area is 141 Å². The quantitative estimate of drug-likeness (QED) is 0.878. The number of amides is 2. The van der Waals surface area contributed by atoms with Crippen molar-refractivity contribution in [3.8, 4) is 11.8 Å². The molecule has 3 unspecified atom stereocenters. The molecule has 0 spiro atoms. The Morgan fingerprint density at radius 1 is 1.36 bits per heavy atom. The lowest BCUT2D eigenvalue weighted by Gasteiger charge is -2.16. The number of hydrogen-bond acceptors (Lipinski definition) is 4. The highest BCUT2D eigenvalue weighted by Crippen LogP contribution is 2.54. The lowest BCUT2D eigenvalue weighted by Crippen LogP contribution is -2.32. The molecule has 2 N–H and O–H groups in total. The van der Waals surface area contributed by atoms with Crippen LogP contribution in [0.5, 0.6) is 5.75 Å². The number of carbonyl (C=O) groups excluding carboxylic acids is 1. The fourth-order valence-corrected chi connectivity index (χ4v) is 3.20. The molecule has 6 nitrogen and oxygen atoms in total. The Bertz CT molecular complexity index is 895. The molecule has 126 valence electrons. The number of pyridine rings is 1. The second-order valence-electron chi connectivity index (χ2n) is 5.97. The Kier molecular flexibility index (Phi) is 3.50. The predicted octanol–water partition coefficient (Wildman–Crippen LogP) is 2.53. The summed E-state index contributed by atoms with van der Waals surface area (Å²) < 4.78 is 32.7. The van der Waals surface area contributed by atoms with Gasteiger partial charge in [0.25, 0.3) is 0 Å². The van der Waals surface area contributed by atoms with Crippen LogP contribution < -0.4 is 15.4 Å². The number of nitriles is 1. The highest BCUT2D eigenvalue weighted by molar-refractivity contribution is 5.89. The fourth-order valence-electron chi connectivity index (χ4n) is 3.20. The van der Waals surface area contributed by atoms with Gasteiger partial charge in [0, 0.05) is 41.8 Å². The fraction of sp³-hybridized carbons (Fsp3) is 0.235. The maximum absolute atomic E-state index is 14.1. The summed E-state index contributed by atoms with van der Waals surface area (Å²) in [5.41, 5.74) is 0.690. The molecule has 0 bridgehead atoms. The number of aromatic nitrogens is 1. The van der Waals surface area contributed by atoms with E-state index in [4.69, 9.17) is 10.00 Å². The van der Waals surface area contributed by atoms with E-state index in [2.05, 4.69) is 15.6 Å². The van der Waals surface area contributed by atoms with Crippen molar-refractivity contribution in [3.05, 3.63) is 53.2 Å². The van der Waals surface area contributed by atoms with E-state index >= 15 is 0 Å². The van der Waals surface area contributed by atoms with E-state index in [1.165, 1.54) is 18.3 Å². The summed E-state index contributed by atoms with van der Waals surface area (Å²) in [7, 11) is 0. The lowest BCUT2D eigenvalue weighted by molar-refractivity contribution is 0.249. The van der Waals surface area contributed by atoms with Gasteiger partial charge in [-0.3, -0.25) is 5.32 Å². The van der Waals surface area contributed by atoms with Crippen molar-refractivity contribution in [2.75, 3.05) is 11.9 Å². The van der Waals surface area contributed by atoms with Crippen LogP contribution >= 0.6 is 0 Å². The number of nitrogens with one attached hydrogen (secondary N) is 2. The predicted molar refractivity (Wildman–Crippen MR) is 83.0 cm³/mol. The van der Waals surface area contributed by atoms with E-state index in [1.807, 2.05) is 6.07 Å². The third kappa shape index (κ3) is 2.74. The Hall–Kier alpha value is -3.21. The van der Waals surface area contributed by atoms with Gasteiger partial charge in [-0.25, -0.2) is 18.6 Å². The molecule has 1 aliphatic heterocycles. The molecule has 2 amide bonds. The number of carbonyl (C=O) groups is 1. The van der Waals surface area contributed by atoms with Gasteiger partial charge in [-0.05, 0) is 12.1 Å². The third-order valence-corrected chi connectivity index (χ3v) is 4.42. The maximum Gasteiger partial charge on any atom is 0.320 e. The second kappa shape index (κ2) is 5.70. The minimum Gasteiger partial charge on any atom is -0.493 e. The number of anilines is 1. The van der Waals surface area contributed by atoms with Crippen molar-refractivity contribution in [2.45, 2.75) is 12.0 Å². The first-order valence-electron chi connectivity index (χ1n) is 7.62. The van der Waals surface area contributed by atoms with Crippen LogP contribution in [0.1, 0.15) is 17.0 Å². The molecular formula is C17H12F2N4O2. The number of benzene rings is 1. The molecule has 1 fully saturated rings. The van der Waals surface area contributed by atoms with Gasteiger partial charge in [0.15, 0.2) is 0 Å². The first-order valence-corrected chi connectivity index (χ1v) is 7.62. The van der Waals surface area contributed by atoms with Crippen molar-refractivity contribution in [1.82, 2.24) is 10.3 Å². The summed E-state index contributed by atoms with van der Waals surface area (Å²) in [5, 5.41) is 14.0. The molecule has 25 heavy (non-hydrogen) atoms. The van der Waals surface area contributed by atoms with Crippen LogP contribution in [0.25, 0.3) is 0 Å². The molecule has 2 aliphatic rings. The smallest absolute Gasteiger partial charge is 0.320 e. The number of hydrogen-bond donors (Lipinski definition) is 2. The molecule has 1 aromatic carbocycles. The molecule has 8 heteroatoms. The van der Waals surface area contributed by atoms with Crippen molar-refractivity contribution >= 4 is 11.8 Å². The first kappa shape index (κ1) is 15.3. The third-order valence-electron chi connectivity index (χ3n) is 4.42. The first-order chi connectivity index (χ1) is 12.1. The normalized spacial score (nSPS) is 22.7. The van der Waals surface area contributed by atoms with Crippen molar-refractivity contribution < 1.29 is 18.3 Å². The van der Waals surface area contributed by atoms with Crippen LogP contribution in [-0.4, -0.2) is 23.7 Å². The molecule has 1 aromatic heterocycles. The van der Waals surface area contributed by atoms with E-state index in [9.17, 15) is 13.6 Å². The van der Waals surface area contributed by atoms with E-state index in [1.54, 1.807) is 0 Å². The van der Waals surface area contributed by atoms with Crippen LogP contribution in [0.15, 0.2) is 30.5 Å². The van der Waals surface area contributed by atoms with Crippen LogP contribution in [0.4, 0.5) is 19.4 Å². The maximum atomic E-state index is 14.1. The average Bonchev–Trinajstić information content (AvgIpc) is 3.27. The van der Waals surface area contributed by atoms with Gasteiger partial charge < -0.3 is 10.1 Å². The van der Waals surface area contributed by atoms with Gasteiger partial charge in [-0.1, -0.05) is 0 Å². The minimum absolute atomic E-state index is 0.0489. The molecule has 4 rings (SSSR count). The number of fused-ring (bicyclic) bond motifs is 3. The summed E-state index contributed by atoms with van der Waals surface area (Å²) in [6.07, 6.45) is 1.35. The SMILES string of the molecule is N#Cc1ccc(NC(=O)NC2C3COc4cc(F)cc(F)c4C32)nc1. The molecule has 2 aromatic rings. The lowest BCUT2D eigenvalue weighted by atomic mass is 10.0. The van der Waals surface area contributed by atoms with E-state index in [0.29, 0.717) is 23.6 Å². The molecule has 2 heterocycles. The van der Waals surface area contributed by atoms with Crippen LogP contribution in [0, 0.1) is 28.9 Å². The topological polar surface area (TPSA) is 87.0 Å². The Balaban J connectivity index is 1.44. The Morgan fingerprint density at radius 3 is 2.92 bits per heavy atom. The zero-order valence-corrected chi connectivity index (χ0v) is 12.8. The van der Waals surface area contributed by atoms with Crippen LogP contribution in [0.2, 0.25) is 0 Å². The molecule has 0 saturated heterocycles. The van der Waals surface area contributed by atoms with Gasteiger partial charge >= 0.3 is 6.03 Å². The number of ether oxygens (including phenoxy) is 1. The van der Waals surface area contributed by atoms with Gasteiger partial charge in [-0.2, -0.15) is 5.26 Å². The Morgan fingerprint density at radius 2 is 2.20 bits per heavy atom. The van der Waals surface area contributed by atoms with Gasteiger partial charge in [0.05, 0.1) is 12.2 Å². The van der Waals surface area contributed by atoms with Crippen LogP contribution in [-0.2, 0) is 0 Å². The average molecular weight is 342 g/mol. The number of halogens is 2. The van der Waals surface area contributed by atoms with Gasteiger partial charge in [-0.15, -0.1) is 0 Å². The number of nitrogens with zero attached hydrogens (tertiary/aromatic N) is 2. The highest BCUT2D eigenvalue weighted by atomic mass is 19.1. The second-order valence-corrected chi connectivity index (χ2v) is 5.97. The van der Waals surface area contributed by atoms with Crippen molar-refractivity contribution in [1.29, 1.82) is 5.26 Å². The van der Waals surface area contributed by atoms with Gasteiger partial charge in [0.1, 0.15) is 29.3 Å². The monoisotopic (exact) mass is 342 g/mol. The molecule has 1 aliphatic carbocycles. The molecule has 0 radical (unpaired) electrons. The van der Waals surface area contributed by atoms with Crippen molar-refractivity contribution in [3.63, 3.8) is 0 Å². The van der Waals surface area contributed by atoms with E-state index < -0.39 is 17.7 Å². The van der Waals surface area contributed by atoms with E-state index in [-0.39, 0.29) is 23.6 Å². The molecule has 1 saturated carbocycles. The zero-order chi connectivity index (χ0) is 17.6. The summed E-state index contributed by atoms with van der Waals surface area (Å²) in [5.74, 6) is -1.15. The number of rotatable bonds is 2. The summed E-state index contributed by atoms with van der Waals surface area (Å²) in [6, 6.07) is 6.18. The summed E-state index contributed by atoms with van der Waals surface area (Å²) in [6.45, 7) is 0.292. The minimum atomic E-state index is -0.690. The van der Waals surface area contributed by atoms with Crippen LogP contribution in [0.3, 0.4) is 0 Å². The highest BCUT2D eigenvalue weighted by Gasteiger charge is 2.56. The van der Waals surface area contributed by atoms with Crippen molar-refractivity contribution in [2.24, 2.45) is 5.92 Å². The standard InChI is InChI=1S/C17H12F2N4O2/c18-9-3-11(19)15-12(4-9)25-7-10-14(15)16(10)23-17(24)22-13-2-1-8(5-20)6-21-13/h1-4,6,10,14,16H,7H2,(H2,21,22,23,24).